The number of nitrogens with two attached hydrogens (primary N) is 1. The van der Waals surface area contributed by atoms with Gasteiger partial charge >= 0.3 is 0 Å². The lowest BCUT2D eigenvalue weighted by Crippen LogP contribution is -2.15. The molecule has 1 rings (SSSR count). The van der Waals surface area contributed by atoms with Crippen LogP contribution in [0.3, 0.4) is 0 Å². The lowest BCUT2D eigenvalue weighted by atomic mass is 10.1. The molecule has 0 saturated carbocycles. The number of nitrogens with zero attached hydrogens (tertiary/aromatic N) is 2. The van der Waals surface area contributed by atoms with Gasteiger partial charge in [0.15, 0.2) is 0 Å². The summed E-state index contributed by atoms with van der Waals surface area (Å²) < 4.78 is 0. The molecule has 3 heteroatoms. The minimum atomic E-state index is -0.0348. The zero-order valence-electron chi connectivity index (χ0n) is 9.41. The Bertz CT molecular complexity index is 307. The summed E-state index contributed by atoms with van der Waals surface area (Å²) in [5.74, 6) is 1.20. The third-order valence-corrected chi connectivity index (χ3v) is 2.25. The molecule has 0 aliphatic carbocycles. The van der Waals surface area contributed by atoms with Crippen molar-refractivity contribution in [2.75, 3.05) is 0 Å². The van der Waals surface area contributed by atoms with Crippen LogP contribution in [0.1, 0.15) is 56.4 Å². The molecule has 0 radical (unpaired) electrons. The van der Waals surface area contributed by atoms with Crippen molar-refractivity contribution in [1.29, 1.82) is 0 Å². The largest absolute Gasteiger partial charge is 0.321 e. The molecule has 0 aliphatic heterocycles. The highest BCUT2D eigenvalue weighted by molar-refractivity contribution is 5.14. The second-order valence-electron chi connectivity index (χ2n) is 3.96. The Morgan fingerprint density at radius 2 is 2.00 bits per heavy atom. The molecule has 0 amide bonds. The normalized spacial score (nSPS) is 13.3. The molecule has 0 saturated heterocycles. The molecule has 0 aliphatic rings. The number of hydrogen-bond donors (Lipinski definition) is 1. The monoisotopic (exact) mass is 193 g/mol. The van der Waals surface area contributed by atoms with Gasteiger partial charge < -0.3 is 5.73 Å². The first-order valence-corrected chi connectivity index (χ1v) is 5.15. The predicted octanol–water partition coefficient (Wildman–Crippen LogP) is 2.32. The number of aryl methyl sites for hydroxylation is 1. The van der Waals surface area contributed by atoms with Crippen molar-refractivity contribution in [1.82, 2.24) is 9.97 Å². The third kappa shape index (κ3) is 2.51. The lowest BCUT2D eigenvalue weighted by Gasteiger charge is -2.11. The molecule has 0 spiro atoms. The Balaban J connectivity index is 3.07. The van der Waals surface area contributed by atoms with Crippen LogP contribution in [0.4, 0.5) is 0 Å². The van der Waals surface area contributed by atoms with Crippen molar-refractivity contribution in [2.24, 2.45) is 5.73 Å². The standard InChI is InChI=1S/C11H19N3/c1-5-9(12)11-13-8(4)6-10(14-11)7(2)3/h6-7,9H,5,12H2,1-4H3. The number of hydrogen-bond acceptors (Lipinski definition) is 3. The third-order valence-electron chi connectivity index (χ3n) is 2.25. The van der Waals surface area contributed by atoms with E-state index in [4.69, 9.17) is 5.73 Å². The molecule has 2 N–H and O–H groups in total. The van der Waals surface area contributed by atoms with Crippen LogP contribution >= 0.6 is 0 Å². The van der Waals surface area contributed by atoms with Crippen LogP contribution in [-0.4, -0.2) is 9.97 Å². The molecular formula is C11H19N3. The van der Waals surface area contributed by atoms with Crippen LogP contribution in [0.25, 0.3) is 0 Å². The summed E-state index contributed by atoms with van der Waals surface area (Å²) in [6.07, 6.45) is 0.876. The Hall–Kier alpha value is -0.960. The topological polar surface area (TPSA) is 51.8 Å². The van der Waals surface area contributed by atoms with Gasteiger partial charge in [0.2, 0.25) is 0 Å². The van der Waals surface area contributed by atoms with Crippen LogP contribution in [0.5, 0.6) is 0 Å². The van der Waals surface area contributed by atoms with Gasteiger partial charge in [0.05, 0.1) is 6.04 Å². The molecule has 1 heterocycles. The number of aromatic nitrogens is 2. The lowest BCUT2D eigenvalue weighted by molar-refractivity contribution is 0.632. The summed E-state index contributed by atoms with van der Waals surface area (Å²) in [4.78, 5) is 8.82. The average Bonchev–Trinajstić information content (AvgIpc) is 2.15. The number of rotatable bonds is 3. The summed E-state index contributed by atoms with van der Waals surface area (Å²) in [6, 6.07) is 1.99. The van der Waals surface area contributed by atoms with Gasteiger partial charge in [-0.15, -0.1) is 0 Å². The summed E-state index contributed by atoms with van der Waals surface area (Å²) in [5.41, 5.74) is 7.99. The van der Waals surface area contributed by atoms with E-state index in [0.717, 1.165) is 23.6 Å². The fourth-order valence-electron chi connectivity index (χ4n) is 1.26. The van der Waals surface area contributed by atoms with Crippen LogP contribution in [0.15, 0.2) is 6.07 Å². The van der Waals surface area contributed by atoms with Gasteiger partial charge in [0.1, 0.15) is 5.82 Å². The summed E-state index contributed by atoms with van der Waals surface area (Å²) in [5, 5.41) is 0. The predicted molar refractivity (Wildman–Crippen MR) is 58.1 cm³/mol. The molecule has 1 aromatic rings. The van der Waals surface area contributed by atoms with E-state index in [9.17, 15) is 0 Å². The van der Waals surface area contributed by atoms with E-state index in [1.807, 2.05) is 19.9 Å². The first-order chi connectivity index (χ1) is 6.54. The van der Waals surface area contributed by atoms with Gasteiger partial charge in [-0.2, -0.15) is 0 Å². The molecule has 78 valence electrons. The molecular weight excluding hydrogens is 174 g/mol. The minimum Gasteiger partial charge on any atom is -0.321 e. The maximum Gasteiger partial charge on any atom is 0.145 e. The molecule has 3 nitrogen and oxygen atoms in total. The average molecular weight is 193 g/mol. The van der Waals surface area contributed by atoms with Crippen molar-refractivity contribution in [3.05, 3.63) is 23.3 Å². The summed E-state index contributed by atoms with van der Waals surface area (Å²) in [6.45, 7) is 8.29. The highest BCUT2D eigenvalue weighted by atomic mass is 14.9. The summed E-state index contributed by atoms with van der Waals surface area (Å²) in [7, 11) is 0. The molecule has 14 heavy (non-hydrogen) atoms. The van der Waals surface area contributed by atoms with Crippen LogP contribution < -0.4 is 5.73 Å². The van der Waals surface area contributed by atoms with Crippen LogP contribution in [-0.2, 0) is 0 Å². The SMILES string of the molecule is CCC(N)c1nc(C)cc(C(C)C)n1. The highest BCUT2D eigenvalue weighted by Crippen LogP contribution is 2.16. The van der Waals surface area contributed by atoms with Crippen LogP contribution in [0.2, 0.25) is 0 Å². The van der Waals surface area contributed by atoms with E-state index in [-0.39, 0.29) is 6.04 Å². The molecule has 0 aromatic carbocycles. The Kier molecular flexibility index (Phi) is 3.58. The Morgan fingerprint density at radius 3 is 2.50 bits per heavy atom. The first kappa shape index (κ1) is 11.1. The van der Waals surface area contributed by atoms with Gasteiger partial charge in [0.25, 0.3) is 0 Å². The van der Waals surface area contributed by atoms with Gasteiger partial charge in [-0.25, -0.2) is 9.97 Å². The molecule has 1 atom stereocenters. The molecule has 1 unspecified atom stereocenters. The molecule has 0 fully saturated rings. The van der Waals surface area contributed by atoms with Gasteiger partial charge in [0, 0.05) is 11.4 Å². The Labute approximate surface area is 85.8 Å². The Morgan fingerprint density at radius 1 is 1.36 bits per heavy atom. The fourth-order valence-corrected chi connectivity index (χ4v) is 1.26. The molecule has 1 aromatic heterocycles. The van der Waals surface area contributed by atoms with Crippen LogP contribution in [0, 0.1) is 6.92 Å². The van der Waals surface area contributed by atoms with E-state index in [1.165, 1.54) is 0 Å². The van der Waals surface area contributed by atoms with E-state index in [1.54, 1.807) is 0 Å². The molecule has 0 bridgehead atoms. The van der Waals surface area contributed by atoms with E-state index in [2.05, 4.69) is 23.8 Å². The van der Waals surface area contributed by atoms with Gasteiger partial charge in [-0.05, 0) is 25.3 Å². The fraction of sp³-hybridized carbons (Fsp3) is 0.636. The maximum atomic E-state index is 5.91. The minimum absolute atomic E-state index is 0.0348. The van der Waals surface area contributed by atoms with Crippen molar-refractivity contribution in [3.8, 4) is 0 Å². The van der Waals surface area contributed by atoms with Gasteiger partial charge in [-0.1, -0.05) is 20.8 Å². The smallest absolute Gasteiger partial charge is 0.145 e. The quantitative estimate of drug-likeness (QED) is 0.801. The second kappa shape index (κ2) is 4.51. The van der Waals surface area contributed by atoms with E-state index < -0.39 is 0 Å². The van der Waals surface area contributed by atoms with E-state index in [0.29, 0.717) is 5.92 Å². The van der Waals surface area contributed by atoms with Crippen molar-refractivity contribution in [2.45, 2.75) is 46.1 Å². The first-order valence-electron chi connectivity index (χ1n) is 5.15. The van der Waals surface area contributed by atoms with Crippen molar-refractivity contribution >= 4 is 0 Å². The zero-order valence-corrected chi connectivity index (χ0v) is 9.41. The zero-order chi connectivity index (χ0) is 10.7. The summed E-state index contributed by atoms with van der Waals surface area (Å²) >= 11 is 0. The van der Waals surface area contributed by atoms with Crippen molar-refractivity contribution in [3.63, 3.8) is 0 Å². The van der Waals surface area contributed by atoms with E-state index >= 15 is 0 Å². The highest BCUT2D eigenvalue weighted by Gasteiger charge is 2.10. The van der Waals surface area contributed by atoms with Crippen molar-refractivity contribution < 1.29 is 0 Å². The maximum absolute atomic E-state index is 5.91. The second-order valence-corrected chi connectivity index (χ2v) is 3.96. The van der Waals surface area contributed by atoms with Gasteiger partial charge in [-0.3, -0.25) is 0 Å².